The first-order valence-corrected chi connectivity index (χ1v) is 8.73. The summed E-state index contributed by atoms with van der Waals surface area (Å²) in [6.07, 6.45) is 4.42. The first kappa shape index (κ1) is 18.7. The molecule has 1 aromatic rings. The molecule has 1 heterocycles. The van der Waals surface area contributed by atoms with E-state index in [0.29, 0.717) is 0 Å². The zero-order chi connectivity index (χ0) is 18.1. The van der Waals surface area contributed by atoms with Crippen LogP contribution in [-0.4, -0.2) is 29.0 Å². The predicted octanol–water partition coefficient (Wildman–Crippen LogP) is 3.12. The molecule has 1 amide bonds. The van der Waals surface area contributed by atoms with Crippen LogP contribution < -0.4 is 5.32 Å². The smallest absolute Gasteiger partial charge is 0.246 e. The van der Waals surface area contributed by atoms with E-state index in [4.69, 9.17) is 0 Å². The van der Waals surface area contributed by atoms with E-state index < -0.39 is 5.85 Å². The van der Waals surface area contributed by atoms with Crippen LogP contribution in [0.4, 0.5) is 0 Å². The molecule has 132 valence electrons. The molecule has 0 spiro atoms. The molecule has 1 aliphatic rings. The maximum Gasteiger partial charge on any atom is 0.246 e. The third-order valence-corrected chi connectivity index (χ3v) is 5.65. The first-order valence-electron chi connectivity index (χ1n) is 8.73. The van der Waals surface area contributed by atoms with Crippen molar-refractivity contribution >= 4 is 5.91 Å². The number of nitrogens with zero attached hydrogens (tertiary/aromatic N) is 1. The molecule has 24 heavy (non-hydrogen) atoms. The lowest BCUT2D eigenvalue weighted by atomic mass is 9.86. The monoisotopic (exact) mass is 330 g/mol. The van der Waals surface area contributed by atoms with Gasteiger partial charge in [0.1, 0.15) is 0 Å². The minimum absolute atomic E-state index is 0.363. The van der Waals surface area contributed by atoms with Gasteiger partial charge in [-0.05, 0) is 81.4 Å². The minimum atomic E-state index is -1.50. The number of piperidine rings is 1. The van der Waals surface area contributed by atoms with Crippen molar-refractivity contribution in [3.8, 4) is 0 Å². The second-order valence-corrected chi connectivity index (χ2v) is 6.91. The molecular formula is C20H30N2O2. The van der Waals surface area contributed by atoms with E-state index in [9.17, 15) is 9.90 Å². The average Bonchev–Trinajstić information content (AvgIpc) is 2.59. The number of carbonyl (C=O) groups is 1. The molecule has 1 fully saturated rings. The zero-order valence-corrected chi connectivity index (χ0v) is 15.6. The van der Waals surface area contributed by atoms with Crippen molar-refractivity contribution in [2.24, 2.45) is 0 Å². The molecule has 4 nitrogen and oxygen atoms in total. The molecule has 0 saturated carbocycles. The molecule has 1 saturated heterocycles. The largest absolute Gasteiger partial charge is 0.355 e. The van der Waals surface area contributed by atoms with Crippen LogP contribution in [0.5, 0.6) is 0 Å². The van der Waals surface area contributed by atoms with E-state index in [1.165, 1.54) is 11.6 Å². The van der Waals surface area contributed by atoms with E-state index in [1.54, 1.807) is 0 Å². The summed E-state index contributed by atoms with van der Waals surface area (Å²) in [6, 6.07) is 0. The predicted molar refractivity (Wildman–Crippen MR) is 97.8 cm³/mol. The van der Waals surface area contributed by atoms with Gasteiger partial charge in [-0.15, -0.1) is 0 Å². The SMILES string of the molecule is C=CC(=O)NC(O)(c1c(C)c(C)c(C)c(C)c1C)N1CCCCC1. The molecular weight excluding hydrogens is 300 g/mol. The number of rotatable bonds is 4. The Hall–Kier alpha value is -1.65. The summed E-state index contributed by atoms with van der Waals surface area (Å²) in [6.45, 7) is 15.4. The van der Waals surface area contributed by atoms with Gasteiger partial charge in [-0.25, -0.2) is 0 Å². The molecule has 0 aliphatic carbocycles. The normalized spacial score (nSPS) is 18.1. The zero-order valence-electron chi connectivity index (χ0n) is 15.6. The van der Waals surface area contributed by atoms with Crippen LogP contribution in [0.1, 0.15) is 52.6 Å². The fraction of sp³-hybridized carbons (Fsp3) is 0.550. The fourth-order valence-electron chi connectivity index (χ4n) is 3.76. The van der Waals surface area contributed by atoms with Crippen LogP contribution >= 0.6 is 0 Å². The van der Waals surface area contributed by atoms with Gasteiger partial charge in [0.15, 0.2) is 0 Å². The van der Waals surface area contributed by atoms with Gasteiger partial charge in [0.25, 0.3) is 0 Å². The van der Waals surface area contributed by atoms with Crippen molar-refractivity contribution in [2.75, 3.05) is 13.1 Å². The molecule has 1 aromatic carbocycles. The Morgan fingerprint density at radius 3 is 1.92 bits per heavy atom. The maximum absolute atomic E-state index is 12.1. The molecule has 0 aromatic heterocycles. The highest BCUT2D eigenvalue weighted by molar-refractivity contribution is 5.87. The lowest BCUT2D eigenvalue weighted by Gasteiger charge is -2.44. The second-order valence-electron chi connectivity index (χ2n) is 6.91. The van der Waals surface area contributed by atoms with Crippen LogP contribution in [0.2, 0.25) is 0 Å². The van der Waals surface area contributed by atoms with Gasteiger partial charge >= 0.3 is 0 Å². The van der Waals surface area contributed by atoms with Gasteiger partial charge in [0, 0.05) is 18.7 Å². The Kier molecular flexibility index (Phi) is 5.51. The highest BCUT2D eigenvalue weighted by Gasteiger charge is 2.41. The van der Waals surface area contributed by atoms with Crippen molar-refractivity contribution in [3.05, 3.63) is 46.0 Å². The van der Waals surface area contributed by atoms with Gasteiger partial charge in [-0.3, -0.25) is 9.69 Å². The number of amides is 1. The van der Waals surface area contributed by atoms with E-state index in [2.05, 4.69) is 32.7 Å². The molecule has 1 atom stereocenters. The topological polar surface area (TPSA) is 52.6 Å². The summed E-state index contributed by atoms with van der Waals surface area (Å²) >= 11 is 0. The van der Waals surface area contributed by atoms with Crippen molar-refractivity contribution in [1.82, 2.24) is 10.2 Å². The van der Waals surface area contributed by atoms with Gasteiger partial charge in [-0.1, -0.05) is 13.0 Å². The number of hydrogen-bond acceptors (Lipinski definition) is 3. The summed E-state index contributed by atoms with van der Waals surface area (Å²) in [7, 11) is 0. The standard InChI is InChI=1S/C20H30N2O2/c1-7-18(23)21-20(24,22-11-9-8-10-12-22)19-16(5)14(3)13(2)15(4)17(19)6/h7,24H,1,8-12H2,2-6H3,(H,21,23). The van der Waals surface area contributed by atoms with E-state index in [0.717, 1.165) is 60.2 Å². The lowest BCUT2D eigenvalue weighted by Crippen LogP contribution is -2.60. The van der Waals surface area contributed by atoms with Gasteiger partial charge < -0.3 is 10.4 Å². The van der Waals surface area contributed by atoms with Gasteiger partial charge in [0.2, 0.25) is 11.8 Å². The number of carbonyl (C=O) groups excluding carboxylic acids is 1. The van der Waals surface area contributed by atoms with Crippen molar-refractivity contribution in [1.29, 1.82) is 0 Å². The number of benzene rings is 1. The summed E-state index contributed by atoms with van der Waals surface area (Å²) in [5.74, 6) is -1.86. The Morgan fingerprint density at radius 1 is 1.00 bits per heavy atom. The van der Waals surface area contributed by atoms with Crippen LogP contribution in [0, 0.1) is 34.6 Å². The van der Waals surface area contributed by atoms with Crippen LogP contribution in [-0.2, 0) is 10.6 Å². The Bertz CT molecular complexity index is 631. The molecule has 0 radical (unpaired) electrons. The number of likely N-dealkylation sites (tertiary alicyclic amines) is 1. The Morgan fingerprint density at radius 2 is 1.46 bits per heavy atom. The number of hydrogen-bond donors (Lipinski definition) is 2. The molecule has 0 bridgehead atoms. The number of aliphatic hydroxyl groups is 1. The molecule has 1 aliphatic heterocycles. The van der Waals surface area contributed by atoms with Crippen molar-refractivity contribution in [3.63, 3.8) is 0 Å². The first-order chi connectivity index (χ1) is 11.2. The molecule has 2 rings (SSSR count). The Labute approximate surface area is 145 Å². The van der Waals surface area contributed by atoms with Crippen LogP contribution in [0.25, 0.3) is 0 Å². The minimum Gasteiger partial charge on any atom is -0.355 e. The van der Waals surface area contributed by atoms with Gasteiger partial charge in [0.05, 0.1) is 0 Å². The molecule has 1 unspecified atom stereocenters. The summed E-state index contributed by atoms with van der Waals surface area (Å²) in [5.41, 5.74) is 6.44. The van der Waals surface area contributed by atoms with E-state index in [1.807, 2.05) is 18.7 Å². The van der Waals surface area contributed by atoms with Crippen molar-refractivity contribution < 1.29 is 9.90 Å². The number of nitrogens with one attached hydrogen (secondary N) is 1. The summed E-state index contributed by atoms with van der Waals surface area (Å²) < 4.78 is 0. The fourth-order valence-corrected chi connectivity index (χ4v) is 3.76. The summed E-state index contributed by atoms with van der Waals surface area (Å²) in [4.78, 5) is 14.1. The highest BCUT2D eigenvalue weighted by Crippen LogP contribution is 2.36. The third-order valence-electron chi connectivity index (χ3n) is 5.65. The molecule has 4 heteroatoms. The van der Waals surface area contributed by atoms with Crippen LogP contribution in [0.15, 0.2) is 12.7 Å². The highest BCUT2D eigenvalue weighted by atomic mass is 16.3. The van der Waals surface area contributed by atoms with Gasteiger partial charge in [-0.2, -0.15) is 0 Å². The van der Waals surface area contributed by atoms with Crippen LogP contribution in [0.3, 0.4) is 0 Å². The summed E-state index contributed by atoms with van der Waals surface area (Å²) in [5, 5.41) is 14.5. The Balaban J connectivity index is 2.67. The van der Waals surface area contributed by atoms with E-state index >= 15 is 0 Å². The molecule has 2 N–H and O–H groups in total. The lowest BCUT2D eigenvalue weighted by molar-refractivity contribution is -0.162. The van der Waals surface area contributed by atoms with E-state index in [-0.39, 0.29) is 5.91 Å². The second kappa shape index (κ2) is 7.08. The maximum atomic E-state index is 12.1. The quantitative estimate of drug-likeness (QED) is 0.659. The average molecular weight is 330 g/mol. The van der Waals surface area contributed by atoms with Crippen molar-refractivity contribution in [2.45, 2.75) is 59.7 Å². The third kappa shape index (κ3) is 3.13.